The normalized spacial score (nSPS) is 11.1. The first-order valence-corrected chi connectivity index (χ1v) is 7.02. The lowest BCUT2D eigenvalue weighted by Crippen LogP contribution is -2.10. The van der Waals surface area contributed by atoms with Crippen molar-refractivity contribution in [3.8, 4) is 0 Å². The van der Waals surface area contributed by atoms with E-state index in [-0.39, 0.29) is 0 Å². The van der Waals surface area contributed by atoms with E-state index in [2.05, 4.69) is 35.6 Å². The average Bonchev–Trinajstić information content (AvgIpc) is 2.76. The summed E-state index contributed by atoms with van der Waals surface area (Å²) in [6.45, 7) is 7.65. The molecular formula is C14H27N3. The molecule has 1 aromatic rings. The molecule has 1 aromatic heterocycles. The fraction of sp³-hybridized carbons (Fsp3) is 0.786. The summed E-state index contributed by atoms with van der Waals surface area (Å²) in [7, 11) is 0. The fourth-order valence-corrected chi connectivity index (χ4v) is 1.97. The maximum Gasteiger partial charge on any atom is 0.203 e. The van der Waals surface area contributed by atoms with Gasteiger partial charge in [-0.05, 0) is 20.3 Å². The molecule has 0 fully saturated rings. The first kappa shape index (κ1) is 14.1. The number of anilines is 1. The third-order valence-corrected chi connectivity index (χ3v) is 3.04. The SMILES string of the molecule is CCCCCCCCNc1nccn1C(C)C. The summed E-state index contributed by atoms with van der Waals surface area (Å²) >= 11 is 0. The van der Waals surface area contributed by atoms with Crippen LogP contribution in [0.2, 0.25) is 0 Å². The van der Waals surface area contributed by atoms with E-state index in [1.54, 1.807) is 0 Å². The molecule has 0 aliphatic carbocycles. The van der Waals surface area contributed by atoms with Crippen LogP contribution < -0.4 is 5.32 Å². The Morgan fingerprint density at radius 1 is 1.18 bits per heavy atom. The van der Waals surface area contributed by atoms with Gasteiger partial charge >= 0.3 is 0 Å². The molecule has 0 unspecified atom stereocenters. The van der Waals surface area contributed by atoms with Crippen LogP contribution in [0.5, 0.6) is 0 Å². The van der Waals surface area contributed by atoms with Gasteiger partial charge in [0.2, 0.25) is 5.95 Å². The number of hydrogen-bond acceptors (Lipinski definition) is 2. The highest BCUT2D eigenvalue weighted by Crippen LogP contribution is 2.12. The number of nitrogens with zero attached hydrogens (tertiary/aromatic N) is 2. The molecule has 1 rings (SSSR count). The van der Waals surface area contributed by atoms with Gasteiger partial charge in [0.05, 0.1) is 0 Å². The van der Waals surface area contributed by atoms with Crippen molar-refractivity contribution >= 4 is 5.95 Å². The second-order valence-corrected chi connectivity index (χ2v) is 4.95. The fourth-order valence-electron chi connectivity index (χ4n) is 1.97. The van der Waals surface area contributed by atoms with Crippen LogP contribution >= 0.6 is 0 Å². The highest BCUT2D eigenvalue weighted by molar-refractivity contribution is 5.26. The van der Waals surface area contributed by atoms with Crippen LogP contribution in [-0.4, -0.2) is 16.1 Å². The summed E-state index contributed by atoms with van der Waals surface area (Å²) in [4.78, 5) is 4.34. The average molecular weight is 237 g/mol. The van der Waals surface area contributed by atoms with Crippen LogP contribution in [0.4, 0.5) is 5.95 Å². The topological polar surface area (TPSA) is 29.9 Å². The molecular weight excluding hydrogens is 210 g/mol. The lowest BCUT2D eigenvalue weighted by atomic mass is 10.1. The molecule has 1 heterocycles. The Hall–Kier alpha value is -0.990. The van der Waals surface area contributed by atoms with Crippen LogP contribution in [0.3, 0.4) is 0 Å². The van der Waals surface area contributed by atoms with Crippen molar-refractivity contribution in [2.75, 3.05) is 11.9 Å². The van der Waals surface area contributed by atoms with Crippen molar-refractivity contribution in [1.29, 1.82) is 0 Å². The Bertz CT molecular complexity index is 291. The number of unbranched alkanes of at least 4 members (excludes halogenated alkanes) is 5. The Morgan fingerprint density at radius 3 is 2.59 bits per heavy atom. The number of rotatable bonds is 9. The molecule has 0 saturated carbocycles. The summed E-state index contributed by atoms with van der Waals surface area (Å²) < 4.78 is 2.18. The Kier molecular flexibility index (Phi) is 6.75. The van der Waals surface area contributed by atoms with Crippen molar-refractivity contribution < 1.29 is 0 Å². The predicted molar refractivity (Wildman–Crippen MR) is 74.5 cm³/mol. The third kappa shape index (κ3) is 5.24. The molecule has 0 radical (unpaired) electrons. The molecule has 3 nitrogen and oxygen atoms in total. The minimum Gasteiger partial charge on any atom is -0.356 e. The summed E-state index contributed by atoms with van der Waals surface area (Å²) in [6, 6.07) is 0.476. The van der Waals surface area contributed by atoms with E-state index in [0.717, 1.165) is 12.5 Å². The third-order valence-electron chi connectivity index (χ3n) is 3.04. The van der Waals surface area contributed by atoms with E-state index >= 15 is 0 Å². The van der Waals surface area contributed by atoms with E-state index in [1.807, 2.05) is 12.4 Å². The molecule has 0 bridgehead atoms. The zero-order chi connectivity index (χ0) is 12.5. The lowest BCUT2D eigenvalue weighted by Gasteiger charge is -2.12. The molecule has 0 aliphatic rings. The van der Waals surface area contributed by atoms with Crippen LogP contribution in [-0.2, 0) is 0 Å². The Labute approximate surface area is 106 Å². The van der Waals surface area contributed by atoms with Gasteiger partial charge in [0.1, 0.15) is 0 Å². The molecule has 1 N–H and O–H groups in total. The molecule has 3 heteroatoms. The zero-order valence-electron chi connectivity index (χ0n) is 11.6. The minimum absolute atomic E-state index is 0.476. The van der Waals surface area contributed by atoms with Crippen LogP contribution in [0.1, 0.15) is 65.3 Å². The summed E-state index contributed by atoms with van der Waals surface area (Å²) in [5.41, 5.74) is 0. The maximum atomic E-state index is 4.34. The summed E-state index contributed by atoms with van der Waals surface area (Å²) in [6.07, 6.45) is 11.9. The van der Waals surface area contributed by atoms with Crippen molar-refractivity contribution in [3.63, 3.8) is 0 Å². The Morgan fingerprint density at radius 2 is 1.88 bits per heavy atom. The second kappa shape index (κ2) is 8.15. The van der Waals surface area contributed by atoms with Crippen molar-refractivity contribution in [1.82, 2.24) is 9.55 Å². The number of hydrogen-bond donors (Lipinski definition) is 1. The zero-order valence-corrected chi connectivity index (χ0v) is 11.6. The Balaban J connectivity index is 2.11. The van der Waals surface area contributed by atoms with Gasteiger partial charge in [-0.1, -0.05) is 39.0 Å². The molecule has 0 aromatic carbocycles. The molecule has 17 heavy (non-hydrogen) atoms. The van der Waals surface area contributed by atoms with E-state index in [9.17, 15) is 0 Å². The highest BCUT2D eigenvalue weighted by Gasteiger charge is 2.04. The van der Waals surface area contributed by atoms with Crippen molar-refractivity contribution in [2.24, 2.45) is 0 Å². The van der Waals surface area contributed by atoms with Gasteiger partial charge in [-0.2, -0.15) is 0 Å². The lowest BCUT2D eigenvalue weighted by molar-refractivity contribution is 0.596. The molecule has 0 spiro atoms. The number of nitrogens with one attached hydrogen (secondary N) is 1. The predicted octanol–water partition coefficient (Wildman–Crippen LogP) is 4.24. The second-order valence-electron chi connectivity index (χ2n) is 4.95. The molecule has 0 aliphatic heterocycles. The number of aromatic nitrogens is 2. The van der Waals surface area contributed by atoms with Crippen LogP contribution in [0.15, 0.2) is 12.4 Å². The quantitative estimate of drug-likeness (QED) is 0.651. The van der Waals surface area contributed by atoms with E-state index < -0.39 is 0 Å². The van der Waals surface area contributed by atoms with Gasteiger partial charge in [-0.15, -0.1) is 0 Å². The van der Waals surface area contributed by atoms with Gasteiger partial charge in [-0.3, -0.25) is 0 Å². The molecule has 0 saturated heterocycles. The number of imidazole rings is 1. The van der Waals surface area contributed by atoms with Crippen LogP contribution in [0.25, 0.3) is 0 Å². The molecule has 98 valence electrons. The standard InChI is InChI=1S/C14H27N3/c1-4-5-6-7-8-9-10-15-14-16-11-12-17(14)13(2)3/h11-13H,4-10H2,1-3H3,(H,15,16). The van der Waals surface area contributed by atoms with E-state index in [0.29, 0.717) is 6.04 Å². The molecule has 0 atom stereocenters. The largest absolute Gasteiger partial charge is 0.356 e. The molecule has 0 amide bonds. The summed E-state index contributed by atoms with van der Waals surface area (Å²) in [5, 5.41) is 3.42. The smallest absolute Gasteiger partial charge is 0.203 e. The van der Waals surface area contributed by atoms with Gasteiger partial charge < -0.3 is 9.88 Å². The maximum absolute atomic E-state index is 4.34. The summed E-state index contributed by atoms with van der Waals surface area (Å²) in [5.74, 6) is 1.01. The van der Waals surface area contributed by atoms with Gasteiger partial charge in [-0.25, -0.2) is 4.98 Å². The monoisotopic (exact) mass is 237 g/mol. The minimum atomic E-state index is 0.476. The van der Waals surface area contributed by atoms with Gasteiger partial charge in [0.25, 0.3) is 0 Å². The van der Waals surface area contributed by atoms with Crippen molar-refractivity contribution in [3.05, 3.63) is 12.4 Å². The van der Waals surface area contributed by atoms with E-state index in [1.165, 1.54) is 38.5 Å². The van der Waals surface area contributed by atoms with E-state index in [4.69, 9.17) is 0 Å². The van der Waals surface area contributed by atoms with Gasteiger partial charge in [0.15, 0.2) is 0 Å². The van der Waals surface area contributed by atoms with Gasteiger partial charge in [0, 0.05) is 25.0 Å². The highest BCUT2D eigenvalue weighted by atomic mass is 15.2. The van der Waals surface area contributed by atoms with Crippen LogP contribution in [0, 0.1) is 0 Å². The first-order chi connectivity index (χ1) is 8.25. The van der Waals surface area contributed by atoms with Crippen molar-refractivity contribution in [2.45, 2.75) is 65.3 Å². The first-order valence-electron chi connectivity index (χ1n) is 7.02.